The van der Waals surface area contributed by atoms with Gasteiger partial charge < -0.3 is 29.2 Å². The highest BCUT2D eigenvalue weighted by atomic mass is 31.1. The van der Waals surface area contributed by atoms with Crippen molar-refractivity contribution in [1.29, 1.82) is 5.26 Å². The van der Waals surface area contributed by atoms with Crippen molar-refractivity contribution in [2.24, 2.45) is 11.8 Å². The largest absolute Gasteiger partial charge is 0.465 e. The van der Waals surface area contributed by atoms with E-state index in [0.717, 1.165) is 7.11 Å². The zero-order valence-electron chi connectivity index (χ0n) is 24.8. The molecule has 0 saturated carbocycles. The lowest BCUT2D eigenvalue weighted by Crippen LogP contribution is -2.53. The number of nitrogens with one attached hydrogen (secondary N) is 1. The summed E-state index contributed by atoms with van der Waals surface area (Å²) in [6.45, 7) is 9.11. The third kappa shape index (κ3) is 8.48. The van der Waals surface area contributed by atoms with Gasteiger partial charge in [0, 0.05) is 7.11 Å². The summed E-state index contributed by atoms with van der Waals surface area (Å²) < 4.78 is 41.8. The molecule has 5 atom stereocenters. The highest BCUT2D eigenvalue weighted by Gasteiger charge is 2.51. The lowest BCUT2D eigenvalue weighted by molar-refractivity contribution is -0.197. The first-order valence-electron chi connectivity index (χ1n) is 13.4. The normalized spacial score (nSPS) is 15.8. The molecule has 0 saturated heterocycles. The van der Waals surface area contributed by atoms with E-state index < -0.39 is 68.4 Å². The first-order chi connectivity index (χ1) is 19.8. The summed E-state index contributed by atoms with van der Waals surface area (Å²) in [7, 11) is -2.00. The van der Waals surface area contributed by atoms with Gasteiger partial charge in [0.15, 0.2) is 18.0 Å². The van der Waals surface area contributed by atoms with Gasteiger partial charge in [0.25, 0.3) is 8.18 Å². The number of carbonyl (C=O) groups excluding carboxylic acids is 3. The van der Waals surface area contributed by atoms with Crippen LogP contribution in [0.3, 0.4) is 0 Å². The number of rotatable bonds is 16. The Bertz CT molecular complexity index is 1310. The van der Waals surface area contributed by atoms with Crippen LogP contribution < -0.4 is 10.8 Å². The number of nitrogens with two attached hydrogens (primary N) is 1. The summed E-state index contributed by atoms with van der Waals surface area (Å²) in [6.07, 6.45) is -1.33. The van der Waals surface area contributed by atoms with E-state index in [2.05, 4.69) is 15.2 Å². The fourth-order valence-corrected chi connectivity index (χ4v) is 4.47. The third-order valence-corrected chi connectivity index (χ3v) is 7.15. The summed E-state index contributed by atoms with van der Waals surface area (Å²) in [5.74, 6) is -3.19. The number of carbonyl (C=O) groups is 3. The van der Waals surface area contributed by atoms with Crippen LogP contribution in [-0.2, 0) is 42.4 Å². The lowest BCUT2D eigenvalue weighted by Gasteiger charge is -2.37. The second-order valence-corrected chi connectivity index (χ2v) is 11.2. The molecule has 0 bridgehead atoms. The first kappa shape index (κ1) is 34.6. The first-order valence-corrected chi connectivity index (χ1v) is 14.7. The molecule has 42 heavy (non-hydrogen) atoms. The van der Waals surface area contributed by atoms with Crippen molar-refractivity contribution in [3.8, 4) is 6.07 Å². The van der Waals surface area contributed by atoms with Crippen molar-refractivity contribution in [2.75, 3.05) is 26.1 Å². The molecule has 2 heterocycles. The Labute approximate surface area is 244 Å². The van der Waals surface area contributed by atoms with Crippen LogP contribution in [0.5, 0.6) is 0 Å². The highest BCUT2D eigenvalue weighted by molar-refractivity contribution is 7.36. The topological polar surface area (TPSA) is 206 Å². The van der Waals surface area contributed by atoms with Gasteiger partial charge in [-0.1, -0.05) is 34.6 Å². The second-order valence-electron chi connectivity index (χ2n) is 10.0. The Balaban J connectivity index is 2.57. The average Bonchev–Trinajstić information content (AvgIpc) is 3.39. The highest BCUT2D eigenvalue weighted by Crippen LogP contribution is 2.37. The van der Waals surface area contributed by atoms with Crippen LogP contribution in [0.4, 0.5) is 5.82 Å². The van der Waals surface area contributed by atoms with Crippen molar-refractivity contribution in [1.82, 2.24) is 19.7 Å². The van der Waals surface area contributed by atoms with Crippen LogP contribution in [0.15, 0.2) is 18.5 Å². The van der Waals surface area contributed by atoms with Crippen LogP contribution in [0.1, 0.15) is 59.8 Å². The number of anilines is 1. The summed E-state index contributed by atoms with van der Waals surface area (Å²) in [4.78, 5) is 41.9. The quantitative estimate of drug-likeness (QED) is 0.159. The van der Waals surface area contributed by atoms with Crippen LogP contribution in [0.25, 0.3) is 5.52 Å². The van der Waals surface area contributed by atoms with E-state index in [4.69, 9.17) is 29.2 Å². The molecular formula is C26H39N6O9P. The van der Waals surface area contributed by atoms with E-state index in [1.54, 1.807) is 33.8 Å². The van der Waals surface area contributed by atoms with E-state index in [1.165, 1.54) is 23.8 Å². The molecule has 2 aromatic rings. The smallest absolute Gasteiger partial charge is 0.323 e. The number of ether oxygens (including phenoxy) is 4. The van der Waals surface area contributed by atoms with Gasteiger partial charge >= 0.3 is 17.9 Å². The summed E-state index contributed by atoms with van der Waals surface area (Å²) >= 11 is 0. The molecule has 0 aliphatic heterocycles. The van der Waals surface area contributed by atoms with Crippen molar-refractivity contribution < 1.29 is 42.4 Å². The van der Waals surface area contributed by atoms with Gasteiger partial charge in [-0.15, -0.1) is 0 Å². The van der Waals surface area contributed by atoms with Crippen LogP contribution >= 0.6 is 8.18 Å². The molecule has 0 aliphatic rings. The molecule has 1 unspecified atom stereocenters. The molecule has 3 N–H and O–H groups in total. The Kier molecular flexibility index (Phi) is 12.9. The molecule has 0 aromatic carbocycles. The van der Waals surface area contributed by atoms with Crippen molar-refractivity contribution in [2.45, 2.75) is 71.8 Å². The molecule has 0 radical (unpaired) electrons. The minimum absolute atomic E-state index is 0.124. The molecule has 0 spiro atoms. The molecule has 2 rings (SSSR count). The van der Waals surface area contributed by atoms with Crippen LogP contribution in [0, 0.1) is 23.2 Å². The minimum atomic E-state index is -3.16. The number of fused-ring (bicyclic) bond motifs is 1. The number of hydrogen-bond acceptors (Lipinski definition) is 13. The summed E-state index contributed by atoms with van der Waals surface area (Å²) in [5, 5.41) is 17.1. The van der Waals surface area contributed by atoms with Crippen LogP contribution in [-0.4, -0.2) is 70.6 Å². The maximum absolute atomic E-state index is 12.9. The number of nitriles is 1. The number of esters is 3. The molecule has 0 fully saturated rings. The zero-order chi connectivity index (χ0) is 31.6. The van der Waals surface area contributed by atoms with Gasteiger partial charge in [-0.2, -0.15) is 10.4 Å². The van der Waals surface area contributed by atoms with Crippen LogP contribution in [0.2, 0.25) is 0 Å². The monoisotopic (exact) mass is 610 g/mol. The fourth-order valence-electron chi connectivity index (χ4n) is 3.57. The standard InChI is InChI=1S/C26H39N6O9P/c1-8-11-38-25(35)17(6)31-42(36)39-13-26(12-27,37-7)21(41-24(34)16(4)5)20(40-23(33)15(2)3)18-9-10-19-22(28)29-14-30-32(18)19/h9-10,14-17,20-21,42H,8,11,13H2,1-7H3,(H,31,36)(H2,28,29,30)/t17-,20-,21-,26+/m0/s1. The van der Waals surface area contributed by atoms with Gasteiger partial charge in [0.05, 0.1) is 24.1 Å². The van der Waals surface area contributed by atoms with Gasteiger partial charge in [0.1, 0.15) is 30.6 Å². The molecule has 232 valence electrons. The second kappa shape index (κ2) is 15.6. The molecular weight excluding hydrogens is 571 g/mol. The van der Waals surface area contributed by atoms with Gasteiger partial charge in [-0.3, -0.25) is 18.9 Å². The SMILES string of the molecule is CCCOC(=O)[C@H](C)N[PH](=O)OC[C@@](C#N)(OC)[C@@H](OC(=O)C(C)C)[C@@H](OC(=O)C(C)C)c1ccc2c(N)ncnn12. The fraction of sp³-hybridized carbons (Fsp3) is 0.615. The Morgan fingerprint density at radius 1 is 1.12 bits per heavy atom. The van der Waals surface area contributed by atoms with E-state index >= 15 is 0 Å². The molecule has 2 aromatic heterocycles. The van der Waals surface area contributed by atoms with Gasteiger partial charge in [-0.25, -0.2) is 14.6 Å². The summed E-state index contributed by atoms with van der Waals surface area (Å²) in [6, 6.07) is 4.07. The third-order valence-electron chi connectivity index (χ3n) is 6.07. The number of methoxy groups -OCH3 is 1. The Morgan fingerprint density at radius 2 is 1.76 bits per heavy atom. The summed E-state index contributed by atoms with van der Waals surface area (Å²) in [5.41, 5.74) is 4.37. The number of nitrogen functional groups attached to an aromatic ring is 1. The van der Waals surface area contributed by atoms with Gasteiger partial charge in [0.2, 0.25) is 5.60 Å². The number of nitrogens with zero attached hydrogens (tertiary/aromatic N) is 4. The Hall–Kier alpha value is -3.57. The molecule has 16 heteroatoms. The number of aromatic nitrogens is 3. The average molecular weight is 611 g/mol. The van der Waals surface area contributed by atoms with Gasteiger partial charge in [-0.05, 0) is 25.5 Å². The van der Waals surface area contributed by atoms with E-state index in [0.29, 0.717) is 11.9 Å². The van der Waals surface area contributed by atoms with E-state index in [-0.39, 0.29) is 18.1 Å². The van der Waals surface area contributed by atoms with Crippen molar-refractivity contribution >= 4 is 37.4 Å². The maximum Gasteiger partial charge on any atom is 0.323 e. The Morgan fingerprint density at radius 3 is 2.33 bits per heavy atom. The lowest BCUT2D eigenvalue weighted by atomic mass is 9.92. The van der Waals surface area contributed by atoms with Crippen molar-refractivity contribution in [3.63, 3.8) is 0 Å². The van der Waals surface area contributed by atoms with E-state index in [9.17, 15) is 24.2 Å². The predicted molar refractivity (Wildman–Crippen MR) is 150 cm³/mol. The predicted octanol–water partition coefficient (Wildman–Crippen LogP) is 2.37. The molecule has 15 nitrogen and oxygen atoms in total. The molecule has 0 aliphatic carbocycles. The minimum Gasteiger partial charge on any atom is -0.465 e. The van der Waals surface area contributed by atoms with Crippen molar-refractivity contribution in [3.05, 3.63) is 24.2 Å². The number of hydrogen-bond donors (Lipinski definition) is 2. The molecule has 0 amide bonds. The van der Waals surface area contributed by atoms with E-state index in [1.807, 2.05) is 13.0 Å². The zero-order valence-corrected chi connectivity index (χ0v) is 25.8. The maximum atomic E-state index is 12.9.